The van der Waals surface area contributed by atoms with Gasteiger partial charge < -0.3 is 5.32 Å². The van der Waals surface area contributed by atoms with Crippen LogP contribution in [0, 0.1) is 0 Å². The summed E-state index contributed by atoms with van der Waals surface area (Å²) in [6, 6.07) is 7.19. The van der Waals surface area contributed by atoms with E-state index in [1.54, 1.807) is 30.5 Å². The number of amides is 1. The zero-order chi connectivity index (χ0) is 10.4. The third kappa shape index (κ3) is 3.45. The van der Waals surface area contributed by atoms with Crippen molar-refractivity contribution >= 4 is 41.1 Å². The number of hydrogen-bond donors (Lipinski definition) is 1. The highest BCUT2D eigenvalue weighted by molar-refractivity contribution is 7.80. The van der Waals surface area contributed by atoms with Gasteiger partial charge in [-0.1, -0.05) is 12.2 Å². The van der Waals surface area contributed by atoms with Crippen molar-refractivity contribution in [1.82, 2.24) is 0 Å². The number of carbonyl (C=O) groups is 1. The van der Waals surface area contributed by atoms with Gasteiger partial charge >= 0.3 is 0 Å². The molecule has 1 aromatic rings. The molecule has 0 aliphatic heterocycles. The molecule has 0 heterocycles. The minimum atomic E-state index is -0.0832. The molecule has 1 N–H and O–H groups in total. The second kappa shape index (κ2) is 5.24. The predicted octanol–water partition coefficient (Wildman–Crippen LogP) is 2.35. The van der Waals surface area contributed by atoms with Crippen molar-refractivity contribution in [2.45, 2.75) is 6.92 Å². The van der Waals surface area contributed by atoms with Crippen LogP contribution in [0.1, 0.15) is 6.92 Å². The number of nitrogens with one attached hydrogen (secondary N) is 1. The predicted molar refractivity (Wildman–Crippen MR) is 62.6 cm³/mol. The molecule has 0 bridgehead atoms. The highest BCUT2D eigenvalue weighted by Crippen LogP contribution is 2.15. The minimum absolute atomic E-state index is 0.0832. The summed E-state index contributed by atoms with van der Waals surface area (Å²) >= 11 is 4.60. The number of hydrogen-bond acceptors (Lipinski definition) is 3. The van der Waals surface area contributed by atoms with Gasteiger partial charge in [0.25, 0.3) is 0 Å². The third-order valence-corrected chi connectivity index (χ3v) is 1.59. The molecule has 0 radical (unpaired) electrons. The third-order valence-electron chi connectivity index (χ3n) is 1.47. The number of anilines is 1. The Morgan fingerprint density at radius 1 is 1.43 bits per heavy atom. The van der Waals surface area contributed by atoms with Gasteiger partial charge in [0.05, 0.1) is 5.69 Å². The van der Waals surface area contributed by atoms with Gasteiger partial charge in [0.2, 0.25) is 5.91 Å². The first-order valence-electron chi connectivity index (χ1n) is 4.08. The average Bonchev–Trinajstić information content (AvgIpc) is 2.16. The van der Waals surface area contributed by atoms with E-state index in [-0.39, 0.29) is 5.91 Å². The molecule has 1 amide bonds. The molecule has 0 saturated carbocycles. The lowest BCUT2D eigenvalue weighted by Gasteiger charge is -2.00. The lowest BCUT2D eigenvalue weighted by atomic mass is 10.3. The van der Waals surface area contributed by atoms with Crippen molar-refractivity contribution < 1.29 is 4.79 Å². The maximum absolute atomic E-state index is 10.7. The maximum atomic E-state index is 10.7. The van der Waals surface area contributed by atoms with Crippen LogP contribution in [-0.4, -0.2) is 17.5 Å². The van der Waals surface area contributed by atoms with Gasteiger partial charge in [-0.25, -0.2) is 0 Å². The molecule has 1 rings (SSSR count). The maximum Gasteiger partial charge on any atom is 0.221 e. The SMILES string of the molecule is CC(=O)Nc1ccc(N=CC=S)cc1. The van der Waals surface area contributed by atoms with Crippen molar-refractivity contribution in [3.63, 3.8) is 0 Å². The monoisotopic (exact) mass is 206 g/mol. The van der Waals surface area contributed by atoms with Crippen molar-refractivity contribution in [3.8, 4) is 0 Å². The summed E-state index contributed by atoms with van der Waals surface area (Å²) in [5.41, 5.74) is 1.57. The van der Waals surface area contributed by atoms with Crippen LogP contribution in [0.15, 0.2) is 29.3 Å². The lowest BCUT2D eigenvalue weighted by molar-refractivity contribution is -0.114. The average molecular weight is 206 g/mol. The molecule has 0 unspecified atom stereocenters. The molecule has 0 spiro atoms. The zero-order valence-electron chi connectivity index (χ0n) is 7.73. The zero-order valence-corrected chi connectivity index (χ0v) is 8.54. The van der Waals surface area contributed by atoms with Crippen LogP contribution < -0.4 is 5.32 Å². The van der Waals surface area contributed by atoms with Gasteiger partial charge in [-0.2, -0.15) is 0 Å². The van der Waals surface area contributed by atoms with E-state index in [4.69, 9.17) is 0 Å². The fraction of sp³-hybridized carbons (Fsp3) is 0.100. The summed E-state index contributed by atoms with van der Waals surface area (Å²) in [5, 5.41) is 4.12. The number of rotatable bonds is 3. The van der Waals surface area contributed by atoms with Crippen molar-refractivity contribution in [2.75, 3.05) is 5.32 Å². The Morgan fingerprint density at radius 2 is 2.07 bits per heavy atom. The van der Waals surface area contributed by atoms with E-state index in [2.05, 4.69) is 22.5 Å². The smallest absolute Gasteiger partial charge is 0.221 e. The largest absolute Gasteiger partial charge is 0.326 e. The first-order valence-corrected chi connectivity index (χ1v) is 4.55. The second-order valence-electron chi connectivity index (χ2n) is 2.64. The van der Waals surface area contributed by atoms with E-state index in [1.165, 1.54) is 12.3 Å². The van der Waals surface area contributed by atoms with Crippen LogP contribution in [0.4, 0.5) is 11.4 Å². The Bertz CT molecular complexity index is 357. The van der Waals surface area contributed by atoms with E-state index in [0.717, 1.165) is 11.4 Å². The normalized spacial score (nSPS) is 10.1. The number of benzene rings is 1. The molecule has 4 heteroatoms. The fourth-order valence-electron chi connectivity index (χ4n) is 0.951. The summed E-state index contributed by atoms with van der Waals surface area (Å²) in [6.45, 7) is 1.47. The van der Waals surface area contributed by atoms with Crippen LogP contribution >= 0.6 is 12.2 Å². The molecule has 0 atom stereocenters. The first-order chi connectivity index (χ1) is 6.72. The van der Waals surface area contributed by atoms with E-state index >= 15 is 0 Å². The molecule has 72 valence electrons. The highest BCUT2D eigenvalue weighted by atomic mass is 32.1. The molecular formula is C10H10N2OS. The second-order valence-corrected chi connectivity index (χ2v) is 2.91. The van der Waals surface area contributed by atoms with Gasteiger partial charge in [0, 0.05) is 24.2 Å². The minimum Gasteiger partial charge on any atom is -0.326 e. The first kappa shape index (κ1) is 10.5. The summed E-state index contributed by atoms with van der Waals surface area (Å²) in [6.07, 6.45) is 1.54. The Morgan fingerprint density at radius 3 is 2.57 bits per heavy atom. The molecule has 3 nitrogen and oxygen atoms in total. The molecular weight excluding hydrogens is 196 g/mol. The Labute approximate surface area is 87.9 Å². The van der Waals surface area contributed by atoms with Crippen molar-refractivity contribution in [2.24, 2.45) is 4.99 Å². The standard InChI is InChI=1S/C10H10N2OS/c1-8(13)12-10-4-2-9(3-5-10)11-6-7-14/h2-7H,1H3,(H,12,13). The summed E-state index contributed by atoms with van der Waals surface area (Å²) < 4.78 is 0. The van der Waals surface area contributed by atoms with E-state index in [1.807, 2.05) is 0 Å². The molecule has 0 saturated heterocycles. The van der Waals surface area contributed by atoms with Gasteiger partial charge in [-0.3, -0.25) is 9.79 Å². The number of carbonyl (C=O) groups excluding carboxylic acids is 1. The number of aliphatic imine (C=N–C) groups is 1. The fourth-order valence-corrected chi connectivity index (χ4v) is 1.01. The molecule has 0 aliphatic carbocycles. The van der Waals surface area contributed by atoms with Gasteiger partial charge in [-0.05, 0) is 24.3 Å². The topological polar surface area (TPSA) is 41.5 Å². The highest BCUT2D eigenvalue weighted by Gasteiger charge is 1.94. The number of thiocarbonyl (C=S) groups is 1. The Kier molecular flexibility index (Phi) is 3.94. The molecule has 0 aliphatic rings. The number of nitrogens with zero attached hydrogens (tertiary/aromatic N) is 1. The van der Waals surface area contributed by atoms with E-state index < -0.39 is 0 Å². The van der Waals surface area contributed by atoms with Crippen LogP contribution in [0.5, 0.6) is 0 Å². The van der Waals surface area contributed by atoms with Crippen LogP contribution in [0.2, 0.25) is 0 Å². The van der Waals surface area contributed by atoms with Gasteiger partial charge in [0.15, 0.2) is 0 Å². The quantitative estimate of drug-likeness (QED) is 0.609. The summed E-state index contributed by atoms with van der Waals surface area (Å²) in [7, 11) is 0. The van der Waals surface area contributed by atoms with Gasteiger partial charge in [0.1, 0.15) is 0 Å². The molecule has 0 fully saturated rings. The summed E-state index contributed by atoms with van der Waals surface area (Å²) in [5.74, 6) is -0.0832. The molecule has 0 aromatic heterocycles. The lowest BCUT2D eigenvalue weighted by Crippen LogP contribution is -2.04. The van der Waals surface area contributed by atoms with E-state index in [9.17, 15) is 4.79 Å². The van der Waals surface area contributed by atoms with Crippen LogP contribution in [-0.2, 0) is 4.79 Å². The van der Waals surface area contributed by atoms with Crippen molar-refractivity contribution in [1.29, 1.82) is 0 Å². The Balaban J connectivity index is 2.73. The van der Waals surface area contributed by atoms with E-state index in [0.29, 0.717) is 0 Å². The molecule has 14 heavy (non-hydrogen) atoms. The van der Waals surface area contributed by atoms with Crippen molar-refractivity contribution in [3.05, 3.63) is 24.3 Å². The van der Waals surface area contributed by atoms with Gasteiger partial charge in [-0.15, -0.1) is 0 Å². The summed E-state index contributed by atoms with van der Waals surface area (Å²) in [4.78, 5) is 14.8. The van der Waals surface area contributed by atoms with Crippen LogP contribution in [0.3, 0.4) is 0 Å². The Hall–Kier alpha value is -1.55. The van der Waals surface area contributed by atoms with Crippen LogP contribution in [0.25, 0.3) is 0 Å². The molecule has 1 aromatic carbocycles.